The van der Waals surface area contributed by atoms with Crippen LogP contribution < -0.4 is 14.9 Å². The predicted molar refractivity (Wildman–Crippen MR) is 165 cm³/mol. The van der Waals surface area contributed by atoms with Gasteiger partial charge >= 0.3 is 5.97 Å². The second-order valence-electron chi connectivity index (χ2n) is 10.7. The summed E-state index contributed by atoms with van der Waals surface area (Å²) in [5.41, 5.74) is 7.26. The number of aryl methyl sites for hydroxylation is 1. The summed E-state index contributed by atoms with van der Waals surface area (Å²) in [6, 6.07) is 19.9. The van der Waals surface area contributed by atoms with Crippen LogP contribution in [0.3, 0.4) is 0 Å². The Morgan fingerprint density at radius 1 is 1.07 bits per heavy atom. The van der Waals surface area contributed by atoms with Gasteiger partial charge in [-0.15, -0.1) is 0 Å². The predicted octanol–water partition coefficient (Wildman–Crippen LogP) is 6.11. The molecule has 41 heavy (non-hydrogen) atoms. The maximum Gasteiger partial charge on any atom is 0.338 e. The molecule has 0 bridgehead atoms. The Hall–Kier alpha value is -3.97. The lowest BCUT2D eigenvalue weighted by Crippen LogP contribution is -2.40. The molecule has 7 heteroatoms. The van der Waals surface area contributed by atoms with Crippen molar-refractivity contribution in [3.05, 3.63) is 120 Å². The highest BCUT2D eigenvalue weighted by Crippen LogP contribution is 2.33. The van der Waals surface area contributed by atoms with E-state index in [2.05, 4.69) is 69.5 Å². The second kappa shape index (κ2) is 11.9. The van der Waals surface area contributed by atoms with Crippen molar-refractivity contribution in [2.45, 2.75) is 66.3 Å². The van der Waals surface area contributed by atoms with Crippen molar-refractivity contribution < 1.29 is 9.53 Å². The Morgan fingerprint density at radius 3 is 2.41 bits per heavy atom. The molecule has 0 saturated carbocycles. The number of hydrogen-bond donors (Lipinski definition) is 0. The van der Waals surface area contributed by atoms with Crippen LogP contribution in [0, 0.1) is 13.8 Å². The monoisotopic (exact) mass is 567 g/mol. The average molecular weight is 568 g/mol. The number of carbonyl (C=O) groups excluding carboxylic acids is 1. The van der Waals surface area contributed by atoms with E-state index >= 15 is 0 Å². The first-order chi connectivity index (χ1) is 19.7. The average Bonchev–Trinajstić information content (AvgIpc) is 3.42. The van der Waals surface area contributed by atoms with E-state index in [9.17, 15) is 9.59 Å². The number of hydrogen-bond acceptors (Lipinski definition) is 5. The molecular weight excluding hydrogens is 530 g/mol. The number of carbonyl (C=O) groups is 1. The molecule has 1 aliphatic heterocycles. The molecule has 1 aliphatic rings. The lowest BCUT2D eigenvalue weighted by atomic mass is 9.92. The molecule has 0 amide bonds. The van der Waals surface area contributed by atoms with Crippen LogP contribution in [0.5, 0.6) is 0 Å². The maximum absolute atomic E-state index is 14.1. The molecule has 0 N–H and O–H groups in total. The number of esters is 1. The van der Waals surface area contributed by atoms with Crippen LogP contribution in [0.15, 0.2) is 81.7 Å². The lowest BCUT2D eigenvalue weighted by molar-refractivity contribution is -0.139. The summed E-state index contributed by atoms with van der Waals surface area (Å²) in [4.78, 5) is 33.1. The Morgan fingerprint density at radius 2 is 1.78 bits per heavy atom. The highest BCUT2D eigenvalue weighted by molar-refractivity contribution is 7.07. The van der Waals surface area contributed by atoms with E-state index in [-0.39, 0.29) is 12.2 Å². The minimum Gasteiger partial charge on any atom is -0.463 e. The molecule has 3 heterocycles. The molecule has 0 saturated heterocycles. The highest BCUT2D eigenvalue weighted by Gasteiger charge is 2.34. The Bertz CT molecular complexity index is 1790. The van der Waals surface area contributed by atoms with Gasteiger partial charge in [-0.05, 0) is 74.1 Å². The fraction of sp³-hybridized carbons (Fsp3) is 0.324. The number of benzene rings is 2. The molecule has 2 aromatic heterocycles. The van der Waals surface area contributed by atoms with Gasteiger partial charge in [-0.25, -0.2) is 9.79 Å². The van der Waals surface area contributed by atoms with Gasteiger partial charge in [0.25, 0.3) is 5.56 Å². The number of fused-ring (bicyclic) bond motifs is 1. The maximum atomic E-state index is 14.1. The number of thiazole rings is 1. The van der Waals surface area contributed by atoms with Crippen molar-refractivity contribution in [2.75, 3.05) is 6.61 Å². The van der Waals surface area contributed by atoms with Gasteiger partial charge in [-0.2, -0.15) is 0 Å². The smallest absolute Gasteiger partial charge is 0.338 e. The molecule has 212 valence electrons. The summed E-state index contributed by atoms with van der Waals surface area (Å²) >= 11 is 1.37. The minimum absolute atomic E-state index is 0.159. The van der Waals surface area contributed by atoms with E-state index in [4.69, 9.17) is 9.73 Å². The van der Waals surface area contributed by atoms with Gasteiger partial charge in [0.2, 0.25) is 0 Å². The van der Waals surface area contributed by atoms with Gasteiger partial charge in [0.05, 0.1) is 28.5 Å². The third-order valence-corrected chi connectivity index (χ3v) is 8.57. The van der Waals surface area contributed by atoms with Crippen LogP contribution >= 0.6 is 11.3 Å². The molecule has 4 aromatic rings. The van der Waals surface area contributed by atoms with E-state index in [1.165, 1.54) is 16.9 Å². The molecule has 5 rings (SSSR count). The number of allylic oxidation sites excluding steroid dienone is 1. The Labute approximate surface area is 245 Å². The van der Waals surface area contributed by atoms with Crippen LogP contribution in [0.2, 0.25) is 0 Å². The summed E-state index contributed by atoms with van der Waals surface area (Å²) in [5, 5.41) is 0. The number of nitrogens with zero attached hydrogens (tertiary/aromatic N) is 3. The fourth-order valence-electron chi connectivity index (χ4n) is 5.55. The first-order valence-corrected chi connectivity index (χ1v) is 15.1. The van der Waals surface area contributed by atoms with Gasteiger partial charge in [-0.1, -0.05) is 81.0 Å². The number of ether oxygens (including phenoxy) is 1. The normalized spacial score (nSPS) is 15.3. The SMILES string of the molecule is CCCC1=C(C(=O)OCC)[C@H](c2ccc(C(C)C)cc2)n2c(s/c(=C\c3cc(C)n(-c4ccccc4)c3C)c2=O)=N1. The van der Waals surface area contributed by atoms with Crippen molar-refractivity contribution in [1.82, 2.24) is 9.13 Å². The van der Waals surface area contributed by atoms with Gasteiger partial charge in [-0.3, -0.25) is 9.36 Å². The highest BCUT2D eigenvalue weighted by atomic mass is 32.1. The van der Waals surface area contributed by atoms with Crippen LogP contribution in [-0.4, -0.2) is 21.7 Å². The van der Waals surface area contributed by atoms with E-state index in [0.717, 1.165) is 34.6 Å². The van der Waals surface area contributed by atoms with E-state index in [1.807, 2.05) is 36.4 Å². The third-order valence-electron chi connectivity index (χ3n) is 7.58. The van der Waals surface area contributed by atoms with Crippen molar-refractivity contribution in [2.24, 2.45) is 4.99 Å². The molecule has 0 unspecified atom stereocenters. The molecule has 1 atom stereocenters. The lowest BCUT2D eigenvalue weighted by Gasteiger charge is -2.26. The molecule has 6 nitrogen and oxygen atoms in total. The molecule has 0 spiro atoms. The topological polar surface area (TPSA) is 65.6 Å². The number of para-hydroxylation sites is 1. The molecule has 0 fully saturated rings. The zero-order valence-electron chi connectivity index (χ0n) is 24.6. The van der Waals surface area contributed by atoms with Gasteiger partial charge in [0.1, 0.15) is 0 Å². The molecular formula is C34H37N3O3S. The van der Waals surface area contributed by atoms with Gasteiger partial charge in [0.15, 0.2) is 4.80 Å². The van der Waals surface area contributed by atoms with Crippen molar-refractivity contribution in [1.29, 1.82) is 0 Å². The minimum atomic E-state index is -0.605. The van der Waals surface area contributed by atoms with Crippen LogP contribution in [0.1, 0.15) is 80.6 Å². The standard InChI is InChI=1S/C34H37N3O3S/c1-7-12-28-30(33(39)40-8-2)31(25-17-15-24(16-18-25)21(3)4)37-32(38)29(41-34(37)35-28)20-26-19-22(5)36(23(26)6)27-13-10-9-11-14-27/h9-11,13-21,31H,7-8,12H2,1-6H3/b29-20-/t31-/m0/s1. The van der Waals surface area contributed by atoms with Gasteiger partial charge < -0.3 is 9.30 Å². The summed E-state index contributed by atoms with van der Waals surface area (Å²) in [6.45, 7) is 12.6. The summed E-state index contributed by atoms with van der Waals surface area (Å²) < 4.78 is 9.99. The van der Waals surface area contributed by atoms with Gasteiger partial charge in [0, 0.05) is 17.1 Å². The van der Waals surface area contributed by atoms with Crippen molar-refractivity contribution in [3.63, 3.8) is 0 Å². The van der Waals surface area contributed by atoms with E-state index < -0.39 is 12.0 Å². The number of aromatic nitrogens is 2. The summed E-state index contributed by atoms with van der Waals surface area (Å²) in [5.74, 6) is -0.0463. The largest absolute Gasteiger partial charge is 0.463 e. The first kappa shape index (κ1) is 28.6. The quantitative estimate of drug-likeness (QED) is 0.241. The summed E-state index contributed by atoms with van der Waals surface area (Å²) in [7, 11) is 0. The van der Waals surface area contributed by atoms with Crippen molar-refractivity contribution >= 4 is 23.4 Å². The third kappa shape index (κ3) is 5.38. The van der Waals surface area contributed by atoms with Crippen LogP contribution in [-0.2, 0) is 9.53 Å². The van der Waals surface area contributed by atoms with E-state index in [0.29, 0.717) is 32.9 Å². The van der Waals surface area contributed by atoms with Crippen LogP contribution in [0.4, 0.5) is 0 Å². The summed E-state index contributed by atoms with van der Waals surface area (Å²) in [6.07, 6.45) is 3.40. The Balaban J connectivity index is 1.72. The second-order valence-corrected chi connectivity index (χ2v) is 11.7. The first-order valence-electron chi connectivity index (χ1n) is 14.3. The van der Waals surface area contributed by atoms with Crippen molar-refractivity contribution in [3.8, 4) is 5.69 Å². The van der Waals surface area contributed by atoms with Crippen LogP contribution in [0.25, 0.3) is 11.8 Å². The molecule has 0 radical (unpaired) electrons. The molecule has 2 aromatic carbocycles. The Kier molecular flexibility index (Phi) is 8.27. The zero-order valence-corrected chi connectivity index (χ0v) is 25.4. The fourth-order valence-corrected chi connectivity index (χ4v) is 6.56. The number of rotatable bonds is 8. The molecule has 0 aliphatic carbocycles. The van der Waals surface area contributed by atoms with E-state index in [1.54, 1.807) is 11.5 Å². The zero-order chi connectivity index (χ0) is 29.3.